The number of hydrogen-bond donors (Lipinski definition) is 1. The van der Waals surface area contributed by atoms with E-state index in [1.54, 1.807) is 11.8 Å². The number of benzene rings is 3. The number of aryl methyl sites for hydroxylation is 1. The molecule has 42 heavy (non-hydrogen) atoms. The minimum atomic E-state index is -4.15. The fourth-order valence-corrected chi connectivity index (χ4v) is 6.94. The molecule has 0 fully saturated rings. The van der Waals surface area contributed by atoms with Crippen molar-refractivity contribution in [1.82, 2.24) is 13.8 Å². The third-order valence-electron chi connectivity index (χ3n) is 8.19. The summed E-state index contributed by atoms with van der Waals surface area (Å²) in [4.78, 5) is 15.7. The average molecular weight is 594 g/mol. The van der Waals surface area contributed by atoms with E-state index < -0.39 is 32.9 Å². The lowest BCUT2D eigenvalue weighted by Gasteiger charge is -2.35. The molecule has 1 amide bonds. The normalized spacial score (nSPS) is 18.9. The van der Waals surface area contributed by atoms with Crippen molar-refractivity contribution in [3.05, 3.63) is 89.9 Å². The summed E-state index contributed by atoms with van der Waals surface area (Å²) in [5.41, 5.74) is 3.90. The summed E-state index contributed by atoms with van der Waals surface area (Å²) in [6.07, 6.45) is -0.649. The second kappa shape index (κ2) is 12.0. The highest BCUT2D eigenvalue weighted by atomic mass is 32.2. The van der Waals surface area contributed by atoms with E-state index >= 15 is 0 Å². The molecule has 0 saturated carbocycles. The summed E-state index contributed by atoms with van der Waals surface area (Å²) in [6, 6.07) is 20.3. The largest absolute Gasteiger partial charge is 0.394 e. The molecular formula is C32H36FN3O5S. The molecule has 4 aromatic rings. The van der Waals surface area contributed by atoms with E-state index in [-0.39, 0.29) is 38.1 Å². The van der Waals surface area contributed by atoms with E-state index in [1.165, 1.54) is 25.2 Å². The summed E-state index contributed by atoms with van der Waals surface area (Å²) < 4.78 is 50.6. The van der Waals surface area contributed by atoms with Gasteiger partial charge in [0, 0.05) is 49.6 Å². The summed E-state index contributed by atoms with van der Waals surface area (Å²) in [5.74, 6) is -1.40. The van der Waals surface area contributed by atoms with E-state index in [0.717, 1.165) is 38.0 Å². The molecule has 3 aromatic carbocycles. The van der Waals surface area contributed by atoms with Crippen molar-refractivity contribution in [3.8, 4) is 11.1 Å². The van der Waals surface area contributed by atoms with Crippen molar-refractivity contribution in [2.24, 2.45) is 13.0 Å². The van der Waals surface area contributed by atoms with Gasteiger partial charge in [0.1, 0.15) is 16.4 Å². The Labute approximate surface area is 246 Å². The lowest BCUT2D eigenvalue weighted by atomic mass is 9.96. The van der Waals surface area contributed by atoms with Crippen LogP contribution in [0.1, 0.15) is 29.9 Å². The van der Waals surface area contributed by atoms with Gasteiger partial charge < -0.3 is 19.3 Å². The monoisotopic (exact) mass is 593 g/mol. The van der Waals surface area contributed by atoms with Crippen molar-refractivity contribution in [2.75, 3.05) is 26.7 Å². The van der Waals surface area contributed by atoms with Crippen molar-refractivity contribution >= 4 is 26.8 Å². The number of amides is 1. The molecule has 1 aliphatic heterocycles. The molecule has 0 radical (unpaired) electrons. The molecule has 1 aliphatic rings. The second-order valence-corrected chi connectivity index (χ2v) is 13.0. The maximum atomic E-state index is 14.5. The third kappa shape index (κ3) is 5.35. The zero-order valence-corrected chi connectivity index (χ0v) is 25.0. The number of fused-ring (bicyclic) bond motifs is 5. The van der Waals surface area contributed by atoms with Gasteiger partial charge in [-0.15, -0.1) is 0 Å². The molecule has 1 aromatic heterocycles. The number of nitrogens with zero attached hydrogens (tertiary/aromatic N) is 3. The number of sulfonamides is 1. The average Bonchev–Trinajstić information content (AvgIpc) is 3.28. The number of aliphatic hydroxyl groups is 1. The number of likely N-dealkylation sites (N-methyl/N-ethyl adjacent to an activating group) is 1. The summed E-state index contributed by atoms with van der Waals surface area (Å²) >= 11 is 0. The van der Waals surface area contributed by atoms with Gasteiger partial charge in [-0.25, -0.2) is 12.8 Å². The van der Waals surface area contributed by atoms with Gasteiger partial charge in [0.2, 0.25) is 10.0 Å². The quantitative estimate of drug-likeness (QED) is 0.351. The number of hydrogen-bond acceptors (Lipinski definition) is 5. The fraction of sp³-hybridized carbons (Fsp3) is 0.344. The predicted molar refractivity (Wildman–Crippen MR) is 160 cm³/mol. The van der Waals surface area contributed by atoms with Crippen LogP contribution in [0.15, 0.2) is 77.7 Å². The van der Waals surface area contributed by atoms with Crippen LogP contribution in [0.3, 0.4) is 0 Å². The predicted octanol–water partition coefficient (Wildman–Crippen LogP) is 4.66. The Kier molecular flexibility index (Phi) is 8.52. The Morgan fingerprint density at radius 1 is 1.07 bits per heavy atom. The van der Waals surface area contributed by atoms with Crippen LogP contribution in [0.2, 0.25) is 0 Å². The van der Waals surface area contributed by atoms with Crippen molar-refractivity contribution < 1.29 is 27.4 Å². The summed E-state index contributed by atoms with van der Waals surface area (Å²) in [7, 11) is -0.883. The van der Waals surface area contributed by atoms with Gasteiger partial charge in [0.25, 0.3) is 5.91 Å². The topological polar surface area (TPSA) is 92.1 Å². The Balaban J connectivity index is 1.61. The molecule has 0 aliphatic carbocycles. The Morgan fingerprint density at radius 3 is 2.48 bits per heavy atom. The van der Waals surface area contributed by atoms with Gasteiger partial charge in [-0.2, -0.15) is 4.31 Å². The minimum absolute atomic E-state index is 0.0641. The van der Waals surface area contributed by atoms with Crippen LogP contribution < -0.4 is 0 Å². The molecule has 8 nitrogen and oxygen atoms in total. The van der Waals surface area contributed by atoms with Crippen LogP contribution in [-0.4, -0.2) is 72.1 Å². The highest BCUT2D eigenvalue weighted by molar-refractivity contribution is 7.89. The first kappa shape index (κ1) is 29.9. The second-order valence-electron chi connectivity index (χ2n) is 11.0. The van der Waals surface area contributed by atoms with Crippen LogP contribution in [0, 0.1) is 11.7 Å². The molecule has 0 bridgehead atoms. The number of aromatic nitrogens is 1. The van der Waals surface area contributed by atoms with Crippen LogP contribution in [0.5, 0.6) is 0 Å². The number of aliphatic hydroxyl groups excluding tert-OH is 1. The Morgan fingerprint density at radius 2 is 1.74 bits per heavy atom. The van der Waals surface area contributed by atoms with Gasteiger partial charge in [-0.05, 0) is 36.2 Å². The molecule has 222 valence electrons. The lowest BCUT2D eigenvalue weighted by molar-refractivity contribution is -0.0147. The number of halogens is 1. The molecular weight excluding hydrogens is 557 g/mol. The first-order chi connectivity index (χ1) is 20.1. The van der Waals surface area contributed by atoms with E-state index in [2.05, 4.69) is 0 Å². The number of rotatable bonds is 6. The Hall–Kier alpha value is -3.57. The van der Waals surface area contributed by atoms with Crippen LogP contribution in [-0.2, 0) is 28.4 Å². The van der Waals surface area contributed by atoms with Crippen LogP contribution in [0.25, 0.3) is 22.0 Å². The smallest absolute Gasteiger partial charge is 0.271 e. The molecule has 10 heteroatoms. The molecule has 0 saturated heterocycles. The number of carbonyl (C=O) groups is 1. The van der Waals surface area contributed by atoms with E-state index in [9.17, 15) is 22.7 Å². The van der Waals surface area contributed by atoms with E-state index in [0.29, 0.717) is 5.69 Å². The first-order valence-corrected chi connectivity index (χ1v) is 15.4. The van der Waals surface area contributed by atoms with Gasteiger partial charge in [-0.3, -0.25) is 4.79 Å². The van der Waals surface area contributed by atoms with Crippen LogP contribution >= 0.6 is 0 Å². The van der Waals surface area contributed by atoms with Gasteiger partial charge in [-0.1, -0.05) is 61.5 Å². The summed E-state index contributed by atoms with van der Waals surface area (Å²) in [6.45, 7) is 3.74. The highest BCUT2D eigenvalue weighted by Gasteiger charge is 2.35. The SMILES string of the molecule is C[C@@H]1CN([C@H](C)CO)C(=O)c2c(c3ccccc3n2C)-c2ccccc2CO[C@@H]1CN(C)S(=O)(=O)c1ccccc1F. The molecule has 2 heterocycles. The minimum Gasteiger partial charge on any atom is -0.394 e. The summed E-state index contributed by atoms with van der Waals surface area (Å²) in [5, 5.41) is 11.1. The van der Waals surface area contributed by atoms with Gasteiger partial charge >= 0.3 is 0 Å². The number of ether oxygens (including phenoxy) is 1. The zero-order valence-electron chi connectivity index (χ0n) is 24.2. The van der Waals surface area contributed by atoms with Crippen molar-refractivity contribution in [1.29, 1.82) is 0 Å². The Bertz CT molecular complexity index is 1720. The third-order valence-corrected chi connectivity index (χ3v) is 10.0. The highest BCUT2D eigenvalue weighted by Crippen LogP contribution is 2.38. The van der Waals surface area contributed by atoms with Gasteiger partial charge in [0.05, 0.1) is 25.4 Å². The van der Waals surface area contributed by atoms with E-state index in [1.807, 2.05) is 67.1 Å². The molecule has 3 atom stereocenters. The molecule has 0 spiro atoms. The standard InChI is InChI=1S/C32H36FN3O5S/c1-21-17-36(22(2)19-37)32(38)31-30(25-13-7-9-15-27(25)35(31)4)24-12-6-5-11-23(24)20-41-28(21)18-34(3)42(39,40)29-16-10-8-14-26(29)33/h5-16,21-22,28,37H,17-20H2,1-4H3/t21-,22-,28-/m1/s1. The van der Waals surface area contributed by atoms with Crippen LogP contribution in [0.4, 0.5) is 4.39 Å². The van der Waals surface area contributed by atoms with Gasteiger partial charge in [0.15, 0.2) is 0 Å². The number of carbonyl (C=O) groups excluding carboxylic acids is 1. The zero-order chi connectivity index (χ0) is 30.2. The first-order valence-electron chi connectivity index (χ1n) is 14.0. The molecule has 5 rings (SSSR count). The maximum Gasteiger partial charge on any atom is 0.271 e. The fourth-order valence-electron chi connectivity index (χ4n) is 5.70. The lowest BCUT2D eigenvalue weighted by Crippen LogP contribution is -2.48. The maximum absolute atomic E-state index is 14.5. The molecule has 1 N–H and O–H groups in total. The number of para-hydroxylation sites is 1. The van der Waals surface area contributed by atoms with E-state index in [4.69, 9.17) is 4.74 Å². The molecule has 0 unspecified atom stereocenters. The van der Waals surface area contributed by atoms with Crippen molar-refractivity contribution in [3.63, 3.8) is 0 Å². The van der Waals surface area contributed by atoms with Crippen molar-refractivity contribution in [2.45, 2.75) is 37.5 Å².